The summed E-state index contributed by atoms with van der Waals surface area (Å²) < 4.78 is 10.6. The molecule has 4 rings (SSSR count). The van der Waals surface area contributed by atoms with Crippen LogP contribution in [0.2, 0.25) is 0 Å². The van der Waals surface area contributed by atoms with Crippen molar-refractivity contribution in [3.8, 4) is 0 Å². The van der Waals surface area contributed by atoms with Crippen molar-refractivity contribution in [3.63, 3.8) is 0 Å². The van der Waals surface area contributed by atoms with Crippen molar-refractivity contribution in [2.24, 2.45) is 11.8 Å². The largest absolute Gasteiger partial charge is 0.460 e. The number of carbonyl (C=O) groups excluding carboxylic acids is 2. The molecule has 1 N–H and O–H groups in total. The van der Waals surface area contributed by atoms with Gasteiger partial charge in [-0.2, -0.15) is 0 Å². The van der Waals surface area contributed by atoms with Crippen LogP contribution >= 0.6 is 0 Å². The summed E-state index contributed by atoms with van der Waals surface area (Å²) in [6.07, 6.45) is 7.51. The molecule has 6 heteroatoms. The van der Waals surface area contributed by atoms with Gasteiger partial charge < -0.3 is 14.5 Å². The molecule has 1 saturated heterocycles. The number of esters is 1. The molecule has 156 valence electrons. The Hall–Kier alpha value is -2.34. The van der Waals surface area contributed by atoms with E-state index in [1.54, 1.807) is 19.1 Å². The maximum Gasteiger partial charge on any atom is 0.374 e. The van der Waals surface area contributed by atoms with Crippen LogP contribution in [0.5, 0.6) is 0 Å². The van der Waals surface area contributed by atoms with E-state index in [0.29, 0.717) is 24.0 Å². The molecule has 0 radical (unpaired) electrons. The number of likely N-dealkylation sites (N-methyl/N-ethyl adjacent to an activating group) is 1. The SMILES string of the molecule is CCOC(=O)c1cc2cc(NC(=O)C3C(C4CCCCC4)CCN3C)ccc2o1. The number of rotatable bonds is 5. The lowest BCUT2D eigenvalue weighted by atomic mass is 9.76. The fraction of sp³-hybridized carbons (Fsp3) is 0.565. The molecule has 29 heavy (non-hydrogen) atoms. The van der Waals surface area contributed by atoms with E-state index < -0.39 is 5.97 Å². The van der Waals surface area contributed by atoms with Crippen LogP contribution in [-0.2, 0) is 9.53 Å². The number of furan rings is 1. The molecule has 0 bridgehead atoms. The fourth-order valence-electron chi connectivity index (χ4n) is 5.07. The van der Waals surface area contributed by atoms with Gasteiger partial charge in [-0.1, -0.05) is 32.1 Å². The molecular weight excluding hydrogens is 368 g/mol. The third-order valence-electron chi connectivity index (χ3n) is 6.48. The van der Waals surface area contributed by atoms with Gasteiger partial charge in [-0.25, -0.2) is 4.79 Å². The van der Waals surface area contributed by atoms with Crippen LogP contribution in [0.4, 0.5) is 5.69 Å². The summed E-state index contributed by atoms with van der Waals surface area (Å²) >= 11 is 0. The highest BCUT2D eigenvalue weighted by Gasteiger charge is 2.41. The third-order valence-corrected chi connectivity index (χ3v) is 6.48. The molecule has 6 nitrogen and oxygen atoms in total. The molecule has 2 fully saturated rings. The molecule has 1 aromatic carbocycles. The van der Waals surface area contributed by atoms with Gasteiger partial charge in [0.2, 0.25) is 11.7 Å². The number of nitrogens with zero attached hydrogens (tertiary/aromatic N) is 1. The molecule has 2 aliphatic rings. The van der Waals surface area contributed by atoms with Gasteiger partial charge in [-0.15, -0.1) is 0 Å². The second-order valence-electron chi connectivity index (χ2n) is 8.35. The summed E-state index contributed by atoms with van der Waals surface area (Å²) in [7, 11) is 2.05. The van der Waals surface area contributed by atoms with Gasteiger partial charge in [0.25, 0.3) is 0 Å². The van der Waals surface area contributed by atoms with Crippen molar-refractivity contribution in [2.45, 2.75) is 51.5 Å². The number of fused-ring (bicyclic) bond motifs is 1. The number of anilines is 1. The summed E-state index contributed by atoms with van der Waals surface area (Å²) in [4.78, 5) is 27.2. The van der Waals surface area contributed by atoms with Crippen molar-refractivity contribution in [2.75, 3.05) is 25.5 Å². The van der Waals surface area contributed by atoms with Crippen LogP contribution in [0.1, 0.15) is 56.0 Å². The van der Waals surface area contributed by atoms with E-state index in [-0.39, 0.29) is 17.7 Å². The van der Waals surface area contributed by atoms with E-state index >= 15 is 0 Å². The predicted octanol–water partition coefficient (Wildman–Crippen LogP) is 4.45. The first-order chi connectivity index (χ1) is 14.1. The highest BCUT2D eigenvalue weighted by Crippen LogP contribution is 2.38. The Morgan fingerprint density at radius 2 is 1.97 bits per heavy atom. The van der Waals surface area contributed by atoms with E-state index in [9.17, 15) is 9.59 Å². The first-order valence-corrected chi connectivity index (χ1v) is 10.8. The van der Waals surface area contributed by atoms with Gasteiger partial charge in [0.15, 0.2) is 0 Å². The Morgan fingerprint density at radius 3 is 2.72 bits per heavy atom. The van der Waals surface area contributed by atoms with Crippen LogP contribution in [0.25, 0.3) is 11.0 Å². The minimum Gasteiger partial charge on any atom is -0.460 e. The Morgan fingerprint density at radius 1 is 1.17 bits per heavy atom. The number of amides is 1. The zero-order valence-electron chi connectivity index (χ0n) is 17.3. The van der Waals surface area contributed by atoms with Crippen LogP contribution < -0.4 is 5.32 Å². The molecule has 1 amide bonds. The third kappa shape index (κ3) is 4.17. The Kier molecular flexibility index (Phi) is 5.90. The first kappa shape index (κ1) is 20.0. The van der Waals surface area contributed by atoms with E-state index in [4.69, 9.17) is 9.15 Å². The minimum absolute atomic E-state index is 0.0639. The van der Waals surface area contributed by atoms with Crippen LogP contribution in [0.3, 0.4) is 0 Å². The molecular formula is C23H30N2O4. The van der Waals surface area contributed by atoms with E-state index in [0.717, 1.165) is 24.0 Å². The number of benzene rings is 1. The molecule has 2 unspecified atom stereocenters. The maximum absolute atomic E-state index is 13.2. The molecule has 1 aliphatic heterocycles. The minimum atomic E-state index is -0.475. The second kappa shape index (κ2) is 8.57. The van der Waals surface area contributed by atoms with Crippen molar-refractivity contribution in [1.29, 1.82) is 0 Å². The number of ether oxygens (including phenoxy) is 1. The molecule has 2 heterocycles. The summed E-state index contributed by atoms with van der Waals surface area (Å²) in [6.45, 7) is 3.03. The summed E-state index contributed by atoms with van der Waals surface area (Å²) in [5, 5.41) is 3.87. The summed E-state index contributed by atoms with van der Waals surface area (Å²) in [5.74, 6) is 0.866. The van der Waals surface area contributed by atoms with Crippen molar-refractivity contribution in [3.05, 3.63) is 30.0 Å². The number of hydrogen-bond donors (Lipinski definition) is 1. The lowest BCUT2D eigenvalue weighted by molar-refractivity contribution is -0.121. The summed E-state index contributed by atoms with van der Waals surface area (Å²) in [6, 6.07) is 7.04. The quantitative estimate of drug-likeness (QED) is 0.754. The average Bonchev–Trinajstić information content (AvgIpc) is 3.32. The standard InChI is InChI=1S/C23H30N2O4/c1-3-28-23(27)20-14-16-13-17(9-10-19(16)29-20)24-22(26)21-18(11-12-25(21)2)15-7-5-4-6-8-15/h9-10,13-15,18,21H,3-8,11-12H2,1-2H3,(H,24,26). The zero-order valence-corrected chi connectivity index (χ0v) is 17.3. The predicted molar refractivity (Wildman–Crippen MR) is 112 cm³/mol. The molecule has 1 saturated carbocycles. The van der Waals surface area contributed by atoms with Crippen LogP contribution in [0.15, 0.2) is 28.7 Å². The number of likely N-dealkylation sites (tertiary alicyclic amines) is 1. The van der Waals surface area contributed by atoms with Crippen molar-refractivity contribution < 1.29 is 18.7 Å². The Labute approximate surface area is 171 Å². The monoisotopic (exact) mass is 398 g/mol. The maximum atomic E-state index is 13.2. The first-order valence-electron chi connectivity index (χ1n) is 10.8. The van der Waals surface area contributed by atoms with Gasteiger partial charge in [0.05, 0.1) is 12.6 Å². The van der Waals surface area contributed by atoms with Crippen molar-refractivity contribution in [1.82, 2.24) is 4.90 Å². The topological polar surface area (TPSA) is 71.8 Å². The number of nitrogens with one attached hydrogen (secondary N) is 1. The highest BCUT2D eigenvalue weighted by atomic mass is 16.5. The van der Waals surface area contributed by atoms with Crippen molar-refractivity contribution >= 4 is 28.5 Å². The van der Waals surface area contributed by atoms with E-state index in [1.807, 2.05) is 12.1 Å². The molecule has 1 aromatic heterocycles. The van der Waals surface area contributed by atoms with Gasteiger partial charge in [-0.3, -0.25) is 9.69 Å². The van der Waals surface area contributed by atoms with Crippen LogP contribution in [0, 0.1) is 11.8 Å². The molecule has 0 spiro atoms. The molecule has 1 aliphatic carbocycles. The fourth-order valence-corrected chi connectivity index (χ4v) is 5.07. The smallest absolute Gasteiger partial charge is 0.374 e. The van der Waals surface area contributed by atoms with Crippen LogP contribution in [-0.4, -0.2) is 43.0 Å². The lowest BCUT2D eigenvalue weighted by Gasteiger charge is -2.32. The Bertz CT molecular complexity index is 884. The second-order valence-corrected chi connectivity index (χ2v) is 8.35. The zero-order chi connectivity index (χ0) is 20.4. The Balaban J connectivity index is 1.49. The number of carbonyl (C=O) groups is 2. The van der Waals surface area contributed by atoms with Gasteiger partial charge in [0, 0.05) is 11.1 Å². The lowest BCUT2D eigenvalue weighted by Crippen LogP contribution is -2.43. The highest BCUT2D eigenvalue weighted by molar-refractivity contribution is 5.98. The number of hydrogen-bond acceptors (Lipinski definition) is 5. The average molecular weight is 399 g/mol. The molecule has 2 atom stereocenters. The summed E-state index contributed by atoms with van der Waals surface area (Å²) in [5.41, 5.74) is 1.32. The molecule has 2 aromatic rings. The van der Waals surface area contributed by atoms with Gasteiger partial charge in [0.1, 0.15) is 5.58 Å². The normalized spacial score (nSPS) is 23.4. The van der Waals surface area contributed by atoms with E-state index in [2.05, 4.69) is 17.3 Å². The van der Waals surface area contributed by atoms with Gasteiger partial charge >= 0.3 is 5.97 Å². The van der Waals surface area contributed by atoms with E-state index in [1.165, 1.54) is 32.1 Å². The van der Waals surface area contributed by atoms with Gasteiger partial charge in [-0.05, 0) is 63.0 Å².